The lowest BCUT2D eigenvalue weighted by Gasteiger charge is -2.14. The zero-order valence-electron chi connectivity index (χ0n) is 24.2. The van der Waals surface area contributed by atoms with Crippen molar-refractivity contribution in [2.24, 2.45) is 10.2 Å². The average Bonchev–Trinajstić information content (AvgIpc) is 3.03. The molecule has 11 nitrogen and oxygen atoms in total. The van der Waals surface area contributed by atoms with E-state index in [2.05, 4.69) is 39.3 Å². The Balaban J connectivity index is 1.49. The molecule has 0 saturated carbocycles. The number of halogens is 1. The lowest BCUT2D eigenvalue weighted by Crippen LogP contribution is -2.26. The molecule has 45 heavy (non-hydrogen) atoms. The largest absolute Gasteiger partial charge is 0.505 e. The van der Waals surface area contributed by atoms with Crippen LogP contribution in [-0.2, 0) is 14.3 Å². The first kappa shape index (κ1) is 32.4. The molecule has 0 radical (unpaired) electrons. The summed E-state index contributed by atoms with van der Waals surface area (Å²) < 4.78 is 4.94. The topological polar surface area (TPSA) is 162 Å². The fourth-order valence-corrected chi connectivity index (χ4v) is 4.23. The van der Waals surface area contributed by atoms with Gasteiger partial charge < -0.3 is 30.9 Å². The molecule has 230 valence electrons. The van der Waals surface area contributed by atoms with Crippen LogP contribution in [0.2, 0.25) is 5.02 Å². The zero-order chi connectivity index (χ0) is 32.5. The van der Waals surface area contributed by atoms with Crippen molar-refractivity contribution in [3.8, 4) is 5.75 Å². The second-order valence-electron chi connectivity index (χ2n) is 9.85. The Morgan fingerprint density at radius 1 is 0.978 bits per heavy atom. The summed E-state index contributed by atoms with van der Waals surface area (Å²) in [7, 11) is 0. The fourth-order valence-electron chi connectivity index (χ4n) is 4.01. The number of carbonyl (C=O) groups excluding carboxylic acids is 3. The van der Waals surface area contributed by atoms with Gasteiger partial charge in [0.2, 0.25) is 5.91 Å². The predicted molar refractivity (Wildman–Crippen MR) is 175 cm³/mol. The molecule has 4 aromatic rings. The number of aliphatic hydroxyl groups is 1. The fraction of sp³-hybridized carbons (Fsp3) is 0.121. The van der Waals surface area contributed by atoms with Crippen LogP contribution >= 0.6 is 11.6 Å². The van der Waals surface area contributed by atoms with E-state index in [-0.39, 0.29) is 46.4 Å². The second-order valence-corrected chi connectivity index (χ2v) is 10.3. The van der Waals surface area contributed by atoms with E-state index >= 15 is 0 Å². The van der Waals surface area contributed by atoms with E-state index in [1.54, 1.807) is 66.7 Å². The monoisotopic (exact) mass is 627 g/mol. The minimum Gasteiger partial charge on any atom is -0.505 e. The Labute approximate surface area is 263 Å². The molecule has 0 saturated heterocycles. The molecule has 1 unspecified atom stereocenters. The van der Waals surface area contributed by atoms with Gasteiger partial charge in [-0.3, -0.25) is 9.59 Å². The number of aliphatic hydroxyl groups excluding tert-OH is 1. The predicted octanol–water partition coefficient (Wildman–Crippen LogP) is 6.88. The van der Waals surface area contributed by atoms with Gasteiger partial charge in [0.15, 0.2) is 5.75 Å². The number of azo groups is 1. The number of esters is 1. The third-order valence-electron chi connectivity index (χ3n) is 6.34. The molecular weight excluding hydrogens is 598 g/mol. The number of nitrogens with one attached hydrogen (secondary N) is 3. The van der Waals surface area contributed by atoms with Gasteiger partial charge in [-0.15, -0.1) is 10.2 Å². The summed E-state index contributed by atoms with van der Waals surface area (Å²) in [6.45, 7) is 8.36. The average molecular weight is 628 g/mol. The summed E-state index contributed by atoms with van der Waals surface area (Å²) in [5.74, 6) is -1.92. The molecule has 5 N–H and O–H groups in total. The van der Waals surface area contributed by atoms with Crippen LogP contribution in [0.3, 0.4) is 0 Å². The Kier molecular flexibility index (Phi) is 10.6. The SMILES string of the molecule is C=CC(=O)Nc1ccc(N=Nc2c(O)c(C(=O)Nc3ccc(NCC(O)COC(=O)C(=C)C)cc3)cc3ccccc23)c(Cl)c1. The molecule has 12 heteroatoms. The summed E-state index contributed by atoms with van der Waals surface area (Å²) in [5.41, 5.74) is 2.13. The van der Waals surface area contributed by atoms with Crippen molar-refractivity contribution in [2.75, 3.05) is 29.1 Å². The highest BCUT2D eigenvalue weighted by molar-refractivity contribution is 6.33. The van der Waals surface area contributed by atoms with Gasteiger partial charge in [-0.2, -0.15) is 0 Å². The molecule has 4 aromatic carbocycles. The van der Waals surface area contributed by atoms with E-state index < -0.39 is 23.9 Å². The quantitative estimate of drug-likeness (QED) is 0.0649. The summed E-state index contributed by atoms with van der Waals surface area (Å²) >= 11 is 6.34. The molecule has 0 bridgehead atoms. The van der Waals surface area contributed by atoms with Gasteiger partial charge in [-0.05, 0) is 66.9 Å². The normalized spacial score (nSPS) is 11.5. The summed E-state index contributed by atoms with van der Waals surface area (Å²) in [6.07, 6.45) is 0.198. The lowest BCUT2D eigenvalue weighted by atomic mass is 10.0. The van der Waals surface area contributed by atoms with Gasteiger partial charge >= 0.3 is 5.97 Å². The molecule has 0 fully saturated rings. The first-order valence-electron chi connectivity index (χ1n) is 13.6. The number of fused-ring (bicyclic) bond motifs is 1. The number of phenols is 1. The van der Waals surface area contributed by atoms with Gasteiger partial charge in [0.1, 0.15) is 24.1 Å². The van der Waals surface area contributed by atoms with Gasteiger partial charge in [0, 0.05) is 34.6 Å². The molecule has 0 aliphatic carbocycles. The standard InChI is InChI=1S/C33H30ClN5O6/c1-4-29(41)36-23-13-14-28(27(34)16-23)38-39-30-25-8-6-5-7-20(25)15-26(31(30)42)32(43)37-22-11-9-21(10-12-22)35-17-24(40)18-45-33(44)19(2)3/h4-16,24,35,40,42H,1-2,17-18H2,3H3,(H,36,41)(H,37,43). The minimum absolute atomic E-state index is 0.0223. The number of rotatable bonds is 12. The number of hydrogen-bond donors (Lipinski definition) is 5. The summed E-state index contributed by atoms with van der Waals surface area (Å²) in [6, 6.07) is 20.0. The number of carbonyl (C=O) groups is 3. The van der Waals surface area contributed by atoms with Crippen molar-refractivity contribution < 1.29 is 29.3 Å². The van der Waals surface area contributed by atoms with Crippen molar-refractivity contribution in [1.82, 2.24) is 0 Å². The van der Waals surface area contributed by atoms with E-state index in [1.807, 2.05) is 0 Å². The Morgan fingerprint density at radius 3 is 2.36 bits per heavy atom. The van der Waals surface area contributed by atoms with E-state index in [1.165, 1.54) is 13.0 Å². The van der Waals surface area contributed by atoms with Crippen molar-refractivity contribution in [2.45, 2.75) is 13.0 Å². The molecule has 1 atom stereocenters. The van der Waals surface area contributed by atoms with E-state index in [4.69, 9.17) is 16.3 Å². The maximum atomic E-state index is 13.3. The zero-order valence-corrected chi connectivity index (χ0v) is 25.0. The van der Waals surface area contributed by atoms with Crippen LogP contribution in [0.5, 0.6) is 5.75 Å². The Bertz CT molecular complexity index is 1810. The highest BCUT2D eigenvalue weighted by atomic mass is 35.5. The van der Waals surface area contributed by atoms with Gasteiger partial charge in [0.05, 0.1) is 10.6 Å². The number of hydrogen-bond acceptors (Lipinski definition) is 9. The number of anilines is 3. The van der Waals surface area contributed by atoms with E-state index in [0.29, 0.717) is 27.8 Å². The smallest absolute Gasteiger partial charge is 0.333 e. The molecule has 0 aliphatic rings. The van der Waals surface area contributed by atoms with E-state index in [0.717, 1.165) is 6.08 Å². The molecule has 0 aromatic heterocycles. The van der Waals surface area contributed by atoms with Gasteiger partial charge in [-0.25, -0.2) is 4.79 Å². The Morgan fingerprint density at radius 2 is 1.67 bits per heavy atom. The number of phenolic OH excluding ortho intramolecular Hbond substituents is 1. The highest BCUT2D eigenvalue weighted by Crippen LogP contribution is 2.40. The van der Waals surface area contributed by atoms with Crippen LogP contribution in [0.4, 0.5) is 28.4 Å². The maximum Gasteiger partial charge on any atom is 0.333 e. The third-order valence-corrected chi connectivity index (χ3v) is 6.64. The van der Waals surface area contributed by atoms with Crippen molar-refractivity contribution in [3.63, 3.8) is 0 Å². The van der Waals surface area contributed by atoms with Gasteiger partial charge in [-0.1, -0.05) is 49.0 Å². The van der Waals surface area contributed by atoms with Crippen molar-refractivity contribution in [3.05, 3.63) is 108 Å². The van der Waals surface area contributed by atoms with Crippen LogP contribution < -0.4 is 16.0 Å². The first-order chi connectivity index (χ1) is 21.5. The van der Waals surface area contributed by atoms with Crippen LogP contribution in [0.1, 0.15) is 17.3 Å². The second kappa shape index (κ2) is 14.8. The number of amides is 2. The van der Waals surface area contributed by atoms with Crippen molar-refractivity contribution in [1.29, 1.82) is 0 Å². The van der Waals surface area contributed by atoms with Crippen LogP contribution in [-0.4, -0.2) is 47.3 Å². The number of aromatic hydroxyl groups is 1. The molecule has 0 heterocycles. The summed E-state index contributed by atoms with van der Waals surface area (Å²) in [5, 5.41) is 39.4. The minimum atomic E-state index is -0.935. The van der Waals surface area contributed by atoms with Gasteiger partial charge in [0.25, 0.3) is 5.91 Å². The molecule has 2 amide bonds. The lowest BCUT2D eigenvalue weighted by molar-refractivity contribution is -0.141. The van der Waals surface area contributed by atoms with E-state index in [9.17, 15) is 24.6 Å². The Hall–Kier alpha value is -5.52. The van der Waals surface area contributed by atoms with Crippen LogP contribution in [0.15, 0.2) is 108 Å². The summed E-state index contributed by atoms with van der Waals surface area (Å²) in [4.78, 5) is 36.3. The number of benzene rings is 4. The third kappa shape index (κ3) is 8.53. The molecule has 4 rings (SSSR count). The number of ether oxygens (including phenoxy) is 1. The molecule has 0 aliphatic heterocycles. The molecule has 0 spiro atoms. The first-order valence-corrected chi connectivity index (χ1v) is 14.0. The number of nitrogens with zero attached hydrogens (tertiary/aromatic N) is 2. The van der Waals surface area contributed by atoms with Crippen LogP contribution in [0, 0.1) is 0 Å². The molecular formula is C33H30ClN5O6. The maximum absolute atomic E-state index is 13.3. The van der Waals surface area contributed by atoms with Crippen LogP contribution in [0.25, 0.3) is 10.8 Å². The highest BCUT2D eigenvalue weighted by Gasteiger charge is 2.19. The van der Waals surface area contributed by atoms with Crippen molar-refractivity contribution >= 4 is 68.6 Å².